The maximum atomic E-state index is 13.0. The topological polar surface area (TPSA) is 81.6 Å². The van der Waals surface area contributed by atoms with Crippen LogP contribution in [-0.2, 0) is 10.0 Å². The summed E-state index contributed by atoms with van der Waals surface area (Å²) in [6, 6.07) is 6.59. The van der Waals surface area contributed by atoms with E-state index in [1.165, 1.54) is 29.7 Å². The molecule has 1 aromatic heterocycles. The molecule has 1 saturated heterocycles. The Bertz CT molecular complexity index is 830. The highest BCUT2D eigenvalue weighted by atomic mass is 32.2. The molecule has 134 valence electrons. The van der Waals surface area contributed by atoms with Crippen molar-refractivity contribution < 1.29 is 22.3 Å². The summed E-state index contributed by atoms with van der Waals surface area (Å²) in [5.41, 5.74) is 0. The second-order valence-corrected chi connectivity index (χ2v) is 7.52. The molecule has 1 unspecified atom stereocenters. The molecule has 1 fully saturated rings. The van der Waals surface area contributed by atoms with Crippen molar-refractivity contribution in [2.45, 2.75) is 23.8 Å². The minimum Gasteiger partial charge on any atom is -0.473 e. The van der Waals surface area contributed by atoms with Gasteiger partial charge in [-0.1, -0.05) is 0 Å². The summed E-state index contributed by atoms with van der Waals surface area (Å²) in [6.45, 7) is 0.596. The van der Waals surface area contributed by atoms with Gasteiger partial charge in [-0.3, -0.25) is 0 Å². The summed E-state index contributed by atoms with van der Waals surface area (Å²) in [7, 11) is -2.23. The van der Waals surface area contributed by atoms with Crippen LogP contribution in [0.5, 0.6) is 11.9 Å². The van der Waals surface area contributed by atoms with Gasteiger partial charge in [0.1, 0.15) is 11.9 Å². The molecular weight excluding hydrogens is 349 g/mol. The van der Waals surface area contributed by atoms with Crippen LogP contribution in [0.2, 0.25) is 0 Å². The highest BCUT2D eigenvalue weighted by Crippen LogP contribution is 2.23. The largest absolute Gasteiger partial charge is 0.473 e. The summed E-state index contributed by atoms with van der Waals surface area (Å²) >= 11 is 0. The third-order valence-corrected chi connectivity index (χ3v) is 5.75. The van der Waals surface area contributed by atoms with E-state index in [0.29, 0.717) is 25.3 Å². The summed E-state index contributed by atoms with van der Waals surface area (Å²) in [5, 5.41) is 0. The van der Waals surface area contributed by atoms with E-state index in [4.69, 9.17) is 9.47 Å². The molecule has 1 aromatic carbocycles. The van der Waals surface area contributed by atoms with Crippen molar-refractivity contribution in [2.24, 2.45) is 0 Å². The molecule has 2 aromatic rings. The fourth-order valence-electron chi connectivity index (χ4n) is 2.64. The minimum absolute atomic E-state index is 0.0678. The van der Waals surface area contributed by atoms with Gasteiger partial charge in [-0.25, -0.2) is 17.8 Å². The molecule has 0 radical (unpaired) electrons. The summed E-state index contributed by atoms with van der Waals surface area (Å²) < 4.78 is 50.5. The maximum Gasteiger partial charge on any atom is 0.319 e. The van der Waals surface area contributed by atoms with Crippen molar-refractivity contribution in [3.05, 3.63) is 42.3 Å². The highest BCUT2D eigenvalue weighted by Gasteiger charge is 2.31. The Morgan fingerprint density at radius 2 is 2.00 bits per heavy atom. The standard InChI is InChI=1S/C16H18FN3O4S/c1-23-16-18-9-8-15(19-16)24-13-3-2-10-20(11-13)25(21,22)14-6-4-12(17)5-7-14/h4-9,13H,2-3,10-11H2,1H3. The lowest BCUT2D eigenvalue weighted by Gasteiger charge is -2.31. The van der Waals surface area contributed by atoms with Crippen molar-refractivity contribution in [3.63, 3.8) is 0 Å². The van der Waals surface area contributed by atoms with E-state index in [9.17, 15) is 12.8 Å². The van der Waals surface area contributed by atoms with Crippen LogP contribution in [-0.4, -0.2) is 49.0 Å². The maximum absolute atomic E-state index is 13.0. The quantitative estimate of drug-likeness (QED) is 0.802. The molecule has 0 amide bonds. The lowest BCUT2D eigenvalue weighted by Crippen LogP contribution is -2.44. The highest BCUT2D eigenvalue weighted by molar-refractivity contribution is 7.89. The smallest absolute Gasteiger partial charge is 0.319 e. The molecule has 25 heavy (non-hydrogen) atoms. The number of halogens is 1. The van der Waals surface area contributed by atoms with E-state index in [-0.39, 0.29) is 23.6 Å². The van der Waals surface area contributed by atoms with Gasteiger partial charge in [0.2, 0.25) is 15.9 Å². The Balaban J connectivity index is 1.73. The van der Waals surface area contributed by atoms with Gasteiger partial charge < -0.3 is 9.47 Å². The summed E-state index contributed by atoms with van der Waals surface area (Å²) in [6.07, 6.45) is 2.55. The first-order valence-corrected chi connectivity index (χ1v) is 9.22. The first-order chi connectivity index (χ1) is 12.0. The van der Waals surface area contributed by atoms with Crippen LogP contribution in [0.3, 0.4) is 0 Å². The molecule has 1 aliphatic rings. The van der Waals surface area contributed by atoms with Gasteiger partial charge in [0.05, 0.1) is 18.6 Å². The molecule has 1 atom stereocenters. The van der Waals surface area contributed by atoms with Crippen LogP contribution in [0.15, 0.2) is 41.4 Å². The van der Waals surface area contributed by atoms with Gasteiger partial charge in [-0.2, -0.15) is 9.29 Å². The van der Waals surface area contributed by atoms with Crippen LogP contribution in [0, 0.1) is 5.82 Å². The zero-order valence-corrected chi connectivity index (χ0v) is 14.4. The number of sulfonamides is 1. The lowest BCUT2D eigenvalue weighted by molar-refractivity contribution is 0.123. The normalized spacial score (nSPS) is 18.7. The molecule has 9 heteroatoms. The second kappa shape index (κ2) is 7.32. The minimum atomic E-state index is -3.69. The third kappa shape index (κ3) is 4.05. The van der Waals surface area contributed by atoms with E-state index in [1.54, 1.807) is 6.07 Å². The number of ether oxygens (including phenoxy) is 2. The molecule has 2 heterocycles. The Labute approximate surface area is 145 Å². The van der Waals surface area contributed by atoms with Gasteiger partial charge in [-0.15, -0.1) is 0 Å². The van der Waals surface area contributed by atoms with Crippen molar-refractivity contribution in [1.29, 1.82) is 0 Å². The molecule has 0 N–H and O–H groups in total. The van der Waals surface area contributed by atoms with E-state index in [1.807, 2.05) is 0 Å². The predicted molar refractivity (Wildman–Crippen MR) is 87.4 cm³/mol. The fourth-order valence-corrected chi connectivity index (χ4v) is 4.15. The Morgan fingerprint density at radius 3 is 2.72 bits per heavy atom. The van der Waals surface area contributed by atoms with Crippen LogP contribution in [0.25, 0.3) is 0 Å². The number of piperidine rings is 1. The average molecular weight is 367 g/mol. The Hall–Kier alpha value is -2.26. The van der Waals surface area contributed by atoms with E-state index in [0.717, 1.165) is 12.1 Å². The number of methoxy groups -OCH3 is 1. The van der Waals surface area contributed by atoms with Crippen molar-refractivity contribution in [1.82, 2.24) is 14.3 Å². The summed E-state index contributed by atoms with van der Waals surface area (Å²) in [4.78, 5) is 8.04. The number of nitrogens with zero attached hydrogens (tertiary/aromatic N) is 3. The van der Waals surface area contributed by atoms with E-state index < -0.39 is 15.8 Å². The molecule has 0 saturated carbocycles. The average Bonchev–Trinajstić information content (AvgIpc) is 2.62. The monoisotopic (exact) mass is 367 g/mol. The molecular formula is C16H18FN3O4S. The van der Waals surface area contributed by atoms with Crippen molar-refractivity contribution in [3.8, 4) is 11.9 Å². The molecule has 7 nitrogen and oxygen atoms in total. The zero-order valence-electron chi connectivity index (χ0n) is 13.6. The van der Waals surface area contributed by atoms with Gasteiger partial charge in [0.25, 0.3) is 0 Å². The Morgan fingerprint density at radius 1 is 1.24 bits per heavy atom. The first-order valence-electron chi connectivity index (χ1n) is 7.78. The number of hydrogen-bond acceptors (Lipinski definition) is 6. The summed E-state index contributed by atoms with van der Waals surface area (Å²) in [5.74, 6) is -0.144. The molecule has 0 bridgehead atoms. The zero-order chi connectivity index (χ0) is 17.9. The first kappa shape index (κ1) is 17.6. The Kier molecular flexibility index (Phi) is 5.14. The molecule has 1 aliphatic heterocycles. The molecule has 0 aliphatic carbocycles. The number of rotatable bonds is 5. The van der Waals surface area contributed by atoms with E-state index in [2.05, 4.69) is 9.97 Å². The fraction of sp³-hybridized carbons (Fsp3) is 0.375. The van der Waals surface area contributed by atoms with Crippen molar-refractivity contribution >= 4 is 10.0 Å². The van der Waals surface area contributed by atoms with Crippen LogP contribution < -0.4 is 9.47 Å². The van der Waals surface area contributed by atoms with E-state index >= 15 is 0 Å². The van der Waals surface area contributed by atoms with Crippen LogP contribution in [0.1, 0.15) is 12.8 Å². The predicted octanol–water partition coefficient (Wildman–Crippen LogP) is 1.86. The van der Waals surface area contributed by atoms with Crippen LogP contribution in [0.4, 0.5) is 4.39 Å². The molecule has 3 rings (SSSR count). The van der Waals surface area contributed by atoms with Gasteiger partial charge in [0.15, 0.2) is 0 Å². The van der Waals surface area contributed by atoms with Crippen LogP contribution >= 0.6 is 0 Å². The molecule has 0 spiro atoms. The number of benzene rings is 1. The number of hydrogen-bond donors (Lipinski definition) is 0. The van der Waals surface area contributed by atoms with Gasteiger partial charge >= 0.3 is 6.01 Å². The second-order valence-electron chi connectivity index (χ2n) is 5.58. The van der Waals surface area contributed by atoms with Gasteiger partial charge in [-0.05, 0) is 37.1 Å². The lowest BCUT2D eigenvalue weighted by atomic mass is 10.1. The number of aromatic nitrogens is 2. The third-order valence-electron chi connectivity index (χ3n) is 3.87. The van der Waals surface area contributed by atoms with Gasteiger partial charge in [0, 0.05) is 18.8 Å². The van der Waals surface area contributed by atoms with Crippen molar-refractivity contribution in [2.75, 3.05) is 20.2 Å². The SMILES string of the molecule is COc1nccc(OC2CCCN(S(=O)(=O)c3ccc(F)cc3)C2)n1.